The average molecular weight is 466 g/mol. The summed E-state index contributed by atoms with van der Waals surface area (Å²) in [6.07, 6.45) is -5.62. The fourth-order valence-electron chi connectivity index (χ4n) is 2.35. The summed E-state index contributed by atoms with van der Waals surface area (Å²) in [4.78, 5) is 11.5. The van der Waals surface area contributed by atoms with E-state index >= 15 is 0 Å². The van der Waals surface area contributed by atoms with E-state index < -0.39 is 53.9 Å². The van der Waals surface area contributed by atoms with Crippen molar-refractivity contribution < 1.29 is 57.8 Å². The largest absolute Gasteiger partial charge is 0.466 e. The molecule has 0 unspecified atom stereocenters. The van der Waals surface area contributed by atoms with Crippen molar-refractivity contribution >= 4 is 5.97 Å². The van der Waals surface area contributed by atoms with E-state index in [2.05, 4.69) is 4.74 Å². The van der Waals surface area contributed by atoms with Gasteiger partial charge in [-0.25, -0.2) is 4.79 Å². The Morgan fingerprint density at radius 1 is 0.733 bits per heavy atom. The van der Waals surface area contributed by atoms with Crippen LogP contribution in [0.5, 0.6) is 0 Å². The standard InChI is InChI=1S/C17H21F11O2/c1-3-4-5-6-7-8-9-11(12(29)30-2)10-13(18,19)14(20,21)15(22,23)16(24,25)17(26,27)28/h10H,3-9H2,1-2H3. The maximum Gasteiger partial charge on any atom is 0.460 e. The molecule has 0 aliphatic carbocycles. The molecular formula is C17H21F11O2. The minimum absolute atomic E-state index is 0.0403. The molecule has 13 heteroatoms. The predicted octanol–water partition coefficient (Wildman–Crippen LogP) is 6.94. The van der Waals surface area contributed by atoms with E-state index in [1.54, 1.807) is 0 Å². The van der Waals surface area contributed by atoms with E-state index in [1.165, 1.54) is 0 Å². The lowest BCUT2D eigenvalue weighted by atomic mass is 9.95. The number of carbonyl (C=O) groups excluding carboxylic acids is 1. The van der Waals surface area contributed by atoms with Crippen molar-refractivity contribution in [1.29, 1.82) is 0 Å². The van der Waals surface area contributed by atoms with Crippen LogP contribution in [0, 0.1) is 0 Å². The normalized spacial score (nSPS) is 14.8. The second-order valence-corrected chi connectivity index (χ2v) is 6.52. The predicted molar refractivity (Wildman–Crippen MR) is 83.9 cm³/mol. The maximum absolute atomic E-state index is 13.8. The van der Waals surface area contributed by atoms with Crippen molar-refractivity contribution in [2.45, 2.75) is 81.7 Å². The van der Waals surface area contributed by atoms with Crippen LogP contribution in [0.15, 0.2) is 11.6 Å². The van der Waals surface area contributed by atoms with Gasteiger partial charge < -0.3 is 4.74 Å². The first-order valence-corrected chi connectivity index (χ1v) is 8.78. The molecule has 0 aliphatic heterocycles. The molecule has 0 radical (unpaired) electrons. The number of rotatable bonds is 12. The fourth-order valence-corrected chi connectivity index (χ4v) is 2.35. The number of esters is 1. The summed E-state index contributed by atoms with van der Waals surface area (Å²) < 4.78 is 147. The van der Waals surface area contributed by atoms with Gasteiger partial charge in [0.05, 0.1) is 7.11 Å². The van der Waals surface area contributed by atoms with Crippen LogP contribution in [-0.4, -0.2) is 42.9 Å². The second-order valence-electron chi connectivity index (χ2n) is 6.52. The van der Waals surface area contributed by atoms with Crippen molar-refractivity contribution in [3.8, 4) is 0 Å². The molecule has 0 aromatic heterocycles. The number of ether oxygens (including phenoxy) is 1. The summed E-state index contributed by atoms with van der Waals surface area (Å²) in [5.74, 6) is -30.0. The molecule has 0 spiro atoms. The summed E-state index contributed by atoms with van der Waals surface area (Å²) in [5.41, 5.74) is -1.25. The summed E-state index contributed by atoms with van der Waals surface area (Å²) in [5, 5.41) is 0. The van der Waals surface area contributed by atoms with Crippen molar-refractivity contribution in [3.05, 3.63) is 11.6 Å². The molecular weight excluding hydrogens is 445 g/mol. The van der Waals surface area contributed by atoms with Crippen LogP contribution >= 0.6 is 0 Å². The number of hydrogen-bond acceptors (Lipinski definition) is 2. The summed E-state index contributed by atoms with van der Waals surface area (Å²) >= 11 is 0. The quantitative estimate of drug-likeness (QED) is 0.135. The molecule has 0 N–H and O–H groups in total. The second kappa shape index (κ2) is 10.2. The number of halogens is 11. The van der Waals surface area contributed by atoms with Gasteiger partial charge in [-0.3, -0.25) is 0 Å². The first-order chi connectivity index (χ1) is 13.4. The Bertz CT molecular complexity index is 595. The lowest BCUT2D eigenvalue weighted by Gasteiger charge is -2.36. The van der Waals surface area contributed by atoms with Crippen molar-refractivity contribution in [1.82, 2.24) is 0 Å². The van der Waals surface area contributed by atoms with Crippen LogP contribution in [-0.2, 0) is 9.53 Å². The Labute approximate surface area is 165 Å². The van der Waals surface area contributed by atoms with Gasteiger partial charge in [0.1, 0.15) is 0 Å². The van der Waals surface area contributed by atoms with Crippen LogP contribution in [0.4, 0.5) is 48.3 Å². The van der Waals surface area contributed by atoms with E-state index in [0.29, 0.717) is 20.0 Å². The van der Waals surface area contributed by atoms with Crippen LogP contribution in [0.2, 0.25) is 0 Å². The molecule has 30 heavy (non-hydrogen) atoms. The lowest BCUT2D eigenvalue weighted by Crippen LogP contribution is -2.66. The topological polar surface area (TPSA) is 26.3 Å². The van der Waals surface area contributed by atoms with Gasteiger partial charge >= 0.3 is 35.8 Å². The zero-order valence-electron chi connectivity index (χ0n) is 16.0. The highest BCUT2D eigenvalue weighted by Crippen LogP contribution is 2.57. The van der Waals surface area contributed by atoms with E-state index in [4.69, 9.17) is 0 Å². The minimum Gasteiger partial charge on any atom is -0.466 e. The zero-order valence-corrected chi connectivity index (χ0v) is 16.0. The molecule has 0 saturated carbocycles. The number of carbonyl (C=O) groups is 1. The number of allylic oxidation sites excluding steroid dienone is 1. The molecule has 178 valence electrons. The number of unbranched alkanes of at least 4 members (excludes halogenated alkanes) is 5. The van der Waals surface area contributed by atoms with Gasteiger partial charge in [-0.2, -0.15) is 48.3 Å². The van der Waals surface area contributed by atoms with Crippen LogP contribution in [0.1, 0.15) is 51.9 Å². The van der Waals surface area contributed by atoms with E-state index in [1.807, 2.05) is 6.92 Å². The van der Waals surface area contributed by atoms with Gasteiger partial charge in [0, 0.05) is 11.6 Å². The number of hydrogen-bond donors (Lipinski definition) is 0. The Morgan fingerprint density at radius 3 is 1.63 bits per heavy atom. The van der Waals surface area contributed by atoms with Gasteiger partial charge in [-0.05, 0) is 12.8 Å². The Balaban J connectivity index is 5.82. The van der Waals surface area contributed by atoms with Crippen LogP contribution in [0.3, 0.4) is 0 Å². The van der Waals surface area contributed by atoms with E-state index in [-0.39, 0.29) is 6.42 Å². The average Bonchev–Trinajstić information content (AvgIpc) is 2.61. The Morgan fingerprint density at radius 2 is 1.20 bits per heavy atom. The molecule has 2 nitrogen and oxygen atoms in total. The Hall–Kier alpha value is -1.56. The number of alkyl halides is 11. The SMILES string of the molecule is CCCCCCCCC(=CC(F)(F)C(F)(F)C(F)(F)C(F)(F)C(F)(F)F)C(=O)OC. The molecule has 0 bridgehead atoms. The smallest absolute Gasteiger partial charge is 0.460 e. The fraction of sp³-hybridized carbons (Fsp3) is 0.824. The minimum atomic E-state index is -7.51. The molecule has 0 saturated heterocycles. The maximum atomic E-state index is 13.8. The first-order valence-electron chi connectivity index (χ1n) is 8.78. The highest BCUT2D eigenvalue weighted by Gasteiger charge is 2.86. The van der Waals surface area contributed by atoms with Crippen molar-refractivity contribution in [2.75, 3.05) is 7.11 Å². The Kier molecular flexibility index (Phi) is 9.64. The van der Waals surface area contributed by atoms with E-state index in [9.17, 15) is 53.1 Å². The highest BCUT2D eigenvalue weighted by atomic mass is 19.4. The molecule has 0 aromatic rings. The van der Waals surface area contributed by atoms with E-state index in [0.717, 1.165) is 19.3 Å². The molecule has 0 aromatic carbocycles. The van der Waals surface area contributed by atoms with Gasteiger partial charge in [0.25, 0.3) is 0 Å². The molecule has 0 amide bonds. The third kappa shape index (κ3) is 5.99. The van der Waals surface area contributed by atoms with Crippen molar-refractivity contribution in [3.63, 3.8) is 0 Å². The summed E-state index contributed by atoms with van der Waals surface area (Å²) in [6.45, 7) is 1.90. The monoisotopic (exact) mass is 466 g/mol. The lowest BCUT2D eigenvalue weighted by molar-refractivity contribution is -0.417. The number of methoxy groups -OCH3 is 1. The zero-order chi connectivity index (χ0) is 24.0. The molecule has 0 fully saturated rings. The van der Waals surface area contributed by atoms with Gasteiger partial charge in [0.2, 0.25) is 0 Å². The molecule has 0 aliphatic rings. The molecule has 0 rings (SSSR count). The third-order valence-corrected chi connectivity index (χ3v) is 4.17. The first kappa shape index (κ1) is 28.4. The third-order valence-electron chi connectivity index (χ3n) is 4.17. The molecule has 0 heterocycles. The summed E-state index contributed by atoms with van der Waals surface area (Å²) in [7, 11) is 0.653. The van der Waals surface area contributed by atoms with Gasteiger partial charge in [-0.15, -0.1) is 0 Å². The van der Waals surface area contributed by atoms with Gasteiger partial charge in [-0.1, -0.05) is 39.0 Å². The van der Waals surface area contributed by atoms with Crippen LogP contribution in [0.25, 0.3) is 0 Å². The summed E-state index contributed by atoms with van der Waals surface area (Å²) in [6, 6.07) is 0. The van der Waals surface area contributed by atoms with Crippen LogP contribution < -0.4 is 0 Å². The molecule has 0 atom stereocenters. The van der Waals surface area contributed by atoms with Crippen molar-refractivity contribution in [2.24, 2.45) is 0 Å². The highest BCUT2D eigenvalue weighted by molar-refractivity contribution is 5.88. The van der Waals surface area contributed by atoms with Gasteiger partial charge in [0.15, 0.2) is 0 Å².